The van der Waals surface area contributed by atoms with Gasteiger partial charge in [-0.2, -0.15) is 0 Å². The maximum absolute atomic E-state index is 13.6. The van der Waals surface area contributed by atoms with Gasteiger partial charge in [-0.15, -0.1) is 0 Å². The Morgan fingerprint density at radius 2 is 1.76 bits per heavy atom. The van der Waals surface area contributed by atoms with Gasteiger partial charge in [0.15, 0.2) is 0 Å². The number of nitro groups is 1. The normalized spacial score (nSPS) is 14.3. The molecule has 0 atom stereocenters. The van der Waals surface area contributed by atoms with Gasteiger partial charge in [0.1, 0.15) is 11.5 Å². The Balaban J connectivity index is 1.72. The van der Waals surface area contributed by atoms with Crippen molar-refractivity contribution < 1.29 is 18.9 Å². The van der Waals surface area contributed by atoms with Crippen LogP contribution in [0.25, 0.3) is 0 Å². The number of rotatable bonds is 4. The van der Waals surface area contributed by atoms with Crippen molar-refractivity contribution in [3.05, 3.63) is 69.5 Å². The smallest absolute Gasteiger partial charge is 0.293 e. The number of piperidine rings is 1. The third-order valence-electron chi connectivity index (χ3n) is 4.97. The first-order valence-electron chi connectivity index (χ1n) is 9.25. The summed E-state index contributed by atoms with van der Waals surface area (Å²) in [5, 5.41) is 11.5. The molecule has 2 N–H and O–H groups in total. The van der Waals surface area contributed by atoms with Gasteiger partial charge in [0.2, 0.25) is 0 Å². The lowest BCUT2D eigenvalue weighted by Gasteiger charge is -2.31. The van der Waals surface area contributed by atoms with Gasteiger partial charge in [0.05, 0.1) is 10.5 Å². The van der Waals surface area contributed by atoms with Crippen LogP contribution in [-0.2, 0) is 0 Å². The van der Waals surface area contributed by atoms with Crippen LogP contribution in [0.15, 0.2) is 42.5 Å². The lowest BCUT2D eigenvalue weighted by Crippen LogP contribution is -2.42. The zero-order valence-corrected chi connectivity index (χ0v) is 15.9. The van der Waals surface area contributed by atoms with Crippen molar-refractivity contribution in [2.24, 2.45) is 5.92 Å². The van der Waals surface area contributed by atoms with Crippen LogP contribution in [-0.4, -0.2) is 29.8 Å². The number of benzene rings is 2. The quantitative estimate of drug-likeness (QED) is 0.606. The molecule has 2 amide bonds. The summed E-state index contributed by atoms with van der Waals surface area (Å²) in [7, 11) is 0. The van der Waals surface area contributed by atoms with E-state index in [2.05, 4.69) is 17.8 Å². The van der Waals surface area contributed by atoms with Crippen molar-refractivity contribution in [1.82, 2.24) is 10.9 Å². The van der Waals surface area contributed by atoms with E-state index in [0.29, 0.717) is 24.7 Å². The molecule has 1 saturated heterocycles. The van der Waals surface area contributed by atoms with E-state index < -0.39 is 22.6 Å². The van der Waals surface area contributed by atoms with Crippen LogP contribution >= 0.6 is 0 Å². The van der Waals surface area contributed by atoms with Crippen LogP contribution in [0.3, 0.4) is 0 Å². The standard InChI is InChI=1S/C20H21FN4O4/c1-13-8-10-24(11-9-13)17-7-6-14(12-18(17)25(28)29)19(26)22-23-20(27)15-4-2-3-5-16(15)21/h2-7,12-13H,8-11H2,1H3,(H,22,26)(H,23,27). The molecule has 3 rings (SSSR count). The van der Waals surface area contributed by atoms with E-state index in [0.717, 1.165) is 18.9 Å². The number of hydrogen-bond donors (Lipinski definition) is 2. The number of hydrogen-bond acceptors (Lipinski definition) is 5. The molecule has 2 aromatic rings. The third kappa shape index (κ3) is 4.68. The van der Waals surface area contributed by atoms with E-state index in [9.17, 15) is 24.1 Å². The monoisotopic (exact) mass is 400 g/mol. The fourth-order valence-corrected chi connectivity index (χ4v) is 3.23. The number of nitrogens with zero attached hydrogens (tertiary/aromatic N) is 2. The van der Waals surface area contributed by atoms with E-state index in [-0.39, 0.29) is 16.8 Å². The molecular formula is C20H21FN4O4. The number of halogens is 1. The lowest BCUT2D eigenvalue weighted by atomic mass is 9.98. The highest BCUT2D eigenvalue weighted by Crippen LogP contribution is 2.32. The minimum Gasteiger partial charge on any atom is -0.366 e. The highest BCUT2D eigenvalue weighted by Gasteiger charge is 2.25. The van der Waals surface area contributed by atoms with Crippen molar-refractivity contribution in [3.8, 4) is 0 Å². The summed E-state index contributed by atoms with van der Waals surface area (Å²) in [5.41, 5.74) is 4.34. The SMILES string of the molecule is CC1CCN(c2ccc(C(=O)NNC(=O)c3ccccc3F)cc2[N+](=O)[O-])CC1. The summed E-state index contributed by atoms with van der Waals surface area (Å²) in [4.78, 5) is 37.2. The minimum atomic E-state index is -0.829. The summed E-state index contributed by atoms with van der Waals surface area (Å²) in [5.74, 6) is -1.72. The van der Waals surface area contributed by atoms with E-state index in [1.54, 1.807) is 6.07 Å². The highest BCUT2D eigenvalue weighted by molar-refractivity contribution is 5.99. The molecule has 0 radical (unpaired) electrons. The molecule has 29 heavy (non-hydrogen) atoms. The number of carbonyl (C=O) groups is 2. The molecule has 152 valence electrons. The average Bonchev–Trinajstić information content (AvgIpc) is 2.72. The van der Waals surface area contributed by atoms with Crippen molar-refractivity contribution in [2.75, 3.05) is 18.0 Å². The van der Waals surface area contributed by atoms with Gasteiger partial charge in [-0.3, -0.25) is 30.6 Å². The molecule has 8 nitrogen and oxygen atoms in total. The Morgan fingerprint density at radius 3 is 2.41 bits per heavy atom. The van der Waals surface area contributed by atoms with Gasteiger partial charge in [-0.05, 0) is 43.0 Å². The molecule has 2 aromatic carbocycles. The zero-order valence-electron chi connectivity index (χ0n) is 15.9. The molecule has 1 fully saturated rings. The molecule has 1 aliphatic rings. The van der Waals surface area contributed by atoms with Crippen LogP contribution in [0.2, 0.25) is 0 Å². The van der Waals surface area contributed by atoms with E-state index in [4.69, 9.17) is 0 Å². The van der Waals surface area contributed by atoms with Gasteiger partial charge in [0, 0.05) is 24.7 Å². The molecule has 9 heteroatoms. The zero-order chi connectivity index (χ0) is 21.0. The Labute approximate surface area is 166 Å². The van der Waals surface area contributed by atoms with Crippen LogP contribution in [0, 0.1) is 21.8 Å². The van der Waals surface area contributed by atoms with Gasteiger partial charge < -0.3 is 4.90 Å². The van der Waals surface area contributed by atoms with Gasteiger partial charge >= 0.3 is 0 Å². The van der Waals surface area contributed by atoms with Crippen LogP contribution in [0.5, 0.6) is 0 Å². The molecule has 0 bridgehead atoms. The Morgan fingerprint density at radius 1 is 1.10 bits per heavy atom. The maximum atomic E-state index is 13.6. The first-order chi connectivity index (χ1) is 13.9. The van der Waals surface area contributed by atoms with Gasteiger partial charge in [-0.1, -0.05) is 19.1 Å². The van der Waals surface area contributed by atoms with E-state index in [1.165, 1.54) is 30.3 Å². The van der Waals surface area contributed by atoms with Crippen molar-refractivity contribution in [1.29, 1.82) is 0 Å². The van der Waals surface area contributed by atoms with Crippen LogP contribution in [0.4, 0.5) is 15.8 Å². The molecule has 0 unspecified atom stereocenters. The average molecular weight is 400 g/mol. The van der Waals surface area contributed by atoms with Crippen molar-refractivity contribution >= 4 is 23.2 Å². The molecule has 0 aromatic heterocycles. The fraction of sp³-hybridized carbons (Fsp3) is 0.300. The third-order valence-corrected chi connectivity index (χ3v) is 4.97. The number of nitrogens with one attached hydrogen (secondary N) is 2. The van der Waals surface area contributed by atoms with Crippen molar-refractivity contribution in [3.63, 3.8) is 0 Å². The van der Waals surface area contributed by atoms with Gasteiger partial charge in [0.25, 0.3) is 17.5 Å². The summed E-state index contributed by atoms with van der Waals surface area (Å²) in [6.07, 6.45) is 1.89. The summed E-state index contributed by atoms with van der Waals surface area (Å²) in [6, 6.07) is 9.51. The lowest BCUT2D eigenvalue weighted by molar-refractivity contribution is -0.384. The fourth-order valence-electron chi connectivity index (χ4n) is 3.23. The number of amides is 2. The Hall–Kier alpha value is -3.49. The first kappa shape index (κ1) is 20.2. The topological polar surface area (TPSA) is 105 Å². The molecule has 0 saturated carbocycles. The predicted molar refractivity (Wildman–Crippen MR) is 105 cm³/mol. The van der Waals surface area contributed by atoms with Crippen LogP contribution < -0.4 is 15.8 Å². The minimum absolute atomic E-state index is 0.0136. The second kappa shape index (κ2) is 8.68. The predicted octanol–water partition coefficient (Wildman–Crippen LogP) is 3.05. The van der Waals surface area contributed by atoms with E-state index >= 15 is 0 Å². The highest BCUT2D eigenvalue weighted by atomic mass is 19.1. The summed E-state index contributed by atoms with van der Waals surface area (Å²) < 4.78 is 13.6. The Bertz CT molecular complexity index is 942. The second-order valence-corrected chi connectivity index (χ2v) is 7.02. The van der Waals surface area contributed by atoms with Crippen LogP contribution in [0.1, 0.15) is 40.5 Å². The van der Waals surface area contributed by atoms with E-state index in [1.807, 2.05) is 4.90 Å². The largest absolute Gasteiger partial charge is 0.366 e. The molecule has 0 spiro atoms. The summed E-state index contributed by atoms with van der Waals surface area (Å²) in [6.45, 7) is 3.58. The first-order valence-corrected chi connectivity index (χ1v) is 9.25. The Kier molecular flexibility index (Phi) is 6.06. The molecule has 1 heterocycles. The second-order valence-electron chi connectivity index (χ2n) is 7.02. The van der Waals surface area contributed by atoms with Gasteiger partial charge in [-0.25, -0.2) is 4.39 Å². The van der Waals surface area contributed by atoms with Crippen molar-refractivity contribution in [2.45, 2.75) is 19.8 Å². The molecule has 1 aliphatic heterocycles. The molecular weight excluding hydrogens is 379 g/mol. The number of nitro benzene ring substituents is 1. The maximum Gasteiger partial charge on any atom is 0.293 e. The summed E-state index contributed by atoms with van der Waals surface area (Å²) >= 11 is 0. The number of anilines is 1. The molecule has 0 aliphatic carbocycles. The number of carbonyl (C=O) groups excluding carboxylic acids is 2. The number of hydrazine groups is 1.